The Bertz CT molecular complexity index is 545. The number of hydrogen-bond donors (Lipinski definition) is 1. The van der Waals surface area contributed by atoms with Crippen LogP contribution >= 0.6 is 0 Å². The number of nitrogens with zero attached hydrogens (tertiary/aromatic N) is 3. The van der Waals surface area contributed by atoms with Crippen LogP contribution in [0, 0.1) is 13.8 Å². The maximum atomic E-state index is 4.58. The zero-order valence-electron chi connectivity index (χ0n) is 12.8. The van der Waals surface area contributed by atoms with Gasteiger partial charge in [-0.15, -0.1) is 0 Å². The molecular formula is C16H24N4. The normalized spacial score (nSPS) is 12.6. The van der Waals surface area contributed by atoms with Crippen molar-refractivity contribution < 1.29 is 0 Å². The molecule has 1 N–H and O–H groups in total. The van der Waals surface area contributed by atoms with E-state index in [9.17, 15) is 0 Å². The Morgan fingerprint density at radius 3 is 2.70 bits per heavy atom. The van der Waals surface area contributed by atoms with Crippen molar-refractivity contribution in [3.05, 3.63) is 47.0 Å². The monoisotopic (exact) mass is 272 g/mol. The molecule has 1 unspecified atom stereocenters. The van der Waals surface area contributed by atoms with Crippen molar-refractivity contribution in [2.45, 2.75) is 46.7 Å². The van der Waals surface area contributed by atoms with Crippen LogP contribution in [0.1, 0.15) is 42.5 Å². The summed E-state index contributed by atoms with van der Waals surface area (Å²) in [5.74, 6) is 0. The van der Waals surface area contributed by atoms with E-state index in [-0.39, 0.29) is 0 Å². The standard InChI is InChI=1S/C16H24N4/c1-5-20-14(4)16(13(3)19-20)12(2)17-11-9-15-8-6-7-10-18-15/h6-8,10,12,17H,5,9,11H2,1-4H3. The highest BCUT2D eigenvalue weighted by molar-refractivity contribution is 5.27. The molecular weight excluding hydrogens is 248 g/mol. The number of nitrogens with one attached hydrogen (secondary N) is 1. The number of pyridine rings is 1. The number of aryl methyl sites for hydroxylation is 2. The minimum atomic E-state index is 0.319. The van der Waals surface area contributed by atoms with E-state index in [1.54, 1.807) is 0 Å². The van der Waals surface area contributed by atoms with Gasteiger partial charge in [0.1, 0.15) is 0 Å². The molecule has 0 aliphatic rings. The Morgan fingerprint density at radius 2 is 2.10 bits per heavy atom. The third-order valence-corrected chi connectivity index (χ3v) is 3.73. The summed E-state index contributed by atoms with van der Waals surface area (Å²) in [5.41, 5.74) is 4.85. The van der Waals surface area contributed by atoms with Crippen LogP contribution in [0.3, 0.4) is 0 Å². The molecule has 2 aromatic rings. The van der Waals surface area contributed by atoms with Gasteiger partial charge in [0.2, 0.25) is 0 Å². The second kappa shape index (κ2) is 6.66. The highest BCUT2D eigenvalue weighted by Gasteiger charge is 2.16. The van der Waals surface area contributed by atoms with Gasteiger partial charge in [-0.2, -0.15) is 5.10 Å². The molecule has 0 fully saturated rings. The second-order valence-electron chi connectivity index (χ2n) is 5.15. The zero-order chi connectivity index (χ0) is 14.5. The lowest BCUT2D eigenvalue weighted by Gasteiger charge is -2.14. The molecule has 2 heterocycles. The molecule has 0 radical (unpaired) electrons. The van der Waals surface area contributed by atoms with Crippen LogP contribution in [0.15, 0.2) is 24.4 Å². The van der Waals surface area contributed by atoms with Crippen molar-refractivity contribution in [3.63, 3.8) is 0 Å². The third kappa shape index (κ3) is 3.25. The minimum absolute atomic E-state index is 0.319. The number of rotatable bonds is 6. The summed E-state index contributed by atoms with van der Waals surface area (Å²) in [4.78, 5) is 4.34. The molecule has 2 aromatic heterocycles. The van der Waals surface area contributed by atoms with E-state index in [4.69, 9.17) is 0 Å². The fraction of sp³-hybridized carbons (Fsp3) is 0.500. The lowest BCUT2D eigenvalue weighted by molar-refractivity contribution is 0.566. The van der Waals surface area contributed by atoms with Crippen molar-refractivity contribution in [1.82, 2.24) is 20.1 Å². The molecule has 0 spiro atoms. The summed E-state index contributed by atoms with van der Waals surface area (Å²) in [6.45, 7) is 10.4. The van der Waals surface area contributed by atoms with E-state index in [0.717, 1.165) is 30.9 Å². The van der Waals surface area contributed by atoms with Crippen LogP contribution in [-0.2, 0) is 13.0 Å². The molecule has 0 aliphatic carbocycles. The van der Waals surface area contributed by atoms with Crippen molar-refractivity contribution in [2.75, 3.05) is 6.54 Å². The van der Waals surface area contributed by atoms with Gasteiger partial charge in [-0.1, -0.05) is 6.07 Å². The first-order valence-electron chi connectivity index (χ1n) is 7.30. The average Bonchev–Trinajstić information content (AvgIpc) is 2.74. The van der Waals surface area contributed by atoms with E-state index < -0.39 is 0 Å². The Morgan fingerprint density at radius 1 is 1.30 bits per heavy atom. The van der Waals surface area contributed by atoms with Crippen LogP contribution in [0.5, 0.6) is 0 Å². The van der Waals surface area contributed by atoms with Gasteiger partial charge in [-0.05, 0) is 39.8 Å². The lowest BCUT2D eigenvalue weighted by atomic mass is 10.1. The maximum Gasteiger partial charge on any atom is 0.0644 e. The van der Waals surface area contributed by atoms with Gasteiger partial charge in [0.25, 0.3) is 0 Å². The highest BCUT2D eigenvalue weighted by atomic mass is 15.3. The van der Waals surface area contributed by atoms with Crippen molar-refractivity contribution in [1.29, 1.82) is 0 Å². The molecule has 108 valence electrons. The van der Waals surface area contributed by atoms with Crippen molar-refractivity contribution in [3.8, 4) is 0 Å². The molecule has 2 rings (SSSR count). The number of aromatic nitrogens is 3. The smallest absolute Gasteiger partial charge is 0.0644 e. The molecule has 4 nitrogen and oxygen atoms in total. The fourth-order valence-corrected chi connectivity index (χ4v) is 2.71. The maximum absolute atomic E-state index is 4.58. The Labute approximate surface area is 121 Å². The van der Waals surface area contributed by atoms with Gasteiger partial charge in [0, 0.05) is 48.7 Å². The first kappa shape index (κ1) is 14.7. The first-order valence-corrected chi connectivity index (χ1v) is 7.30. The van der Waals surface area contributed by atoms with Gasteiger partial charge in [-0.3, -0.25) is 9.67 Å². The van der Waals surface area contributed by atoms with E-state index in [1.165, 1.54) is 11.3 Å². The van der Waals surface area contributed by atoms with Crippen LogP contribution in [0.4, 0.5) is 0 Å². The van der Waals surface area contributed by atoms with E-state index >= 15 is 0 Å². The lowest BCUT2D eigenvalue weighted by Crippen LogP contribution is -2.22. The summed E-state index contributed by atoms with van der Waals surface area (Å²) >= 11 is 0. The topological polar surface area (TPSA) is 42.7 Å². The Balaban J connectivity index is 1.95. The minimum Gasteiger partial charge on any atom is -0.310 e. The molecule has 4 heteroatoms. The average molecular weight is 272 g/mol. The van der Waals surface area contributed by atoms with E-state index in [0.29, 0.717) is 6.04 Å². The predicted molar refractivity (Wildman–Crippen MR) is 81.7 cm³/mol. The van der Waals surface area contributed by atoms with Gasteiger partial charge in [-0.25, -0.2) is 0 Å². The molecule has 20 heavy (non-hydrogen) atoms. The summed E-state index contributed by atoms with van der Waals surface area (Å²) in [5, 5.41) is 8.15. The van der Waals surface area contributed by atoms with Gasteiger partial charge in [0.05, 0.1) is 5.69 Å². The molecule has 0 saturated carbocycles. The van der Waals surface area contributed by atoms with E-state index in [2.05, 4.69) is 53.8 Å². The van der Waals surface area contributed by atoms with E-state index in [1.807, 2.05) is 18.3 Å². The fourth-order valence-electron chi connectivity index (χ4n) is 2.71. The van der Waals surface area contributed by atoms with Crippen molar-refractivity contribution >= 4 is 0 Å². The molecule has 0 aliphatic heterocycles. The second-order valence-corrected chi connectivity index (χ2v) is 5.15. The quantitative estimate of drug-likeness (QED) is 0.879. The summed E-state index contributed by atoms with van der Waals surface area (Å²) in [6, 6.07) is 6.37. The van der Waals surface area contributed by atoms with Crippen LogP contribution in [0.2, 0.25) is 0 Å². The Hall–Kier alpha value is -1.68. The van der Waals surface area contributed by atoms with Gasteiger partial charge in [0.15, 0.2) is 0 Å². The third-order valence-electron chi connectivity index (χ3n) is 3.73. The summed E-state index contributed by atoms with van der Waals surface area (Å²) in [7, 11) is 0. The molecule has 0 saturated heterocycles. The molecule has 0 bridgehead atoms. The van der Waals surface area contributed by atoms with Crippen LogP contribution in [-0.4, -0.2) is 21.3 Å². The largest absolute Gasteiger partial charge is 0.310 e. The molecule has 1 atom stereocenters. The van der Waals surface area contributed by atoms with Crippen LogP contribution in [0.25, 0.3) is 0 Å². The van der Waals surface area contributed by atoms with Gasteiger partial charge >= 0.3 is 0 Å². The van der Waals surface area contributed by atoms with Crippen LogP contribution < -0.4 is 5.32 Å². The Kier molecular flexibility index (Phi) is 4.90. The number of hydrogen-bond acceptors (Lipinski definition) is 3. The SMILES string of the molecule is CCn1nc(C)c(C(C)NCCc2ccccn2)c1C. The predicted octanol–water partition coefficient (Wildman–Crippen LogP) is 2.81. The highest BCUT2D eigenvalue weighted by Crippen LogP contribution is 2.21. The zero-order valence-corrected chi connectivity index (χ0v) is 12.8. The first-order chi connectivity index (χ1) is 9.63. The van der Waals surface area contributed by atoms with Gasteiger partial charge < -0.3 is 5.32 Å². The summed E-state index contributed by atoms with van der Waals surface area (Å²) < 4.78 is 2.07. The van der Waals surface area contributed by atoms with Crippen molar-refractivity contribution in [2.24, 2.45) is 0 Å². The summed E-state index contributed by atoms with van der Waals surface area (Å²) in [6.07, 6.45) is 2.80. The molecule has 0 amide bonds. The molecule has 0 aromatic carbocycles.